The fourth-order valence-electron chi connectivity index (χ4n) is 4.94. The number of piperidine rings is 1. The number of imidazole rings is 1. The Bertz CT molecular complexity index is 1210. The SMILES string of the molecule is O=C(N1CCOCC1)N1CC(c2ccc(C(F)(F)F)cc2)CC(c2cn(-c3cccc(F)c3)cn2)C1. The summed E-state index contributed by atoms with van der Waals surface area (Å²) in [5.74, 6) is -0.647. The van der Waals surface area contributed by atoms with Crippen LogP contribution in [0.15, 0.2) is 61.1 Å². The number of likely N-dealkylation sites (tertiary alicyclic amines) is 1. The minimum absolute atomic E-state index is 0.107. The molecule has 0 saturated carbocycles. The van der Waals surface area contributed by atoms with Crippen LogP contribution in [0.2, 0.25) is 0 Å². The van der Waals surface area contributed by atoms with Crippen LogP contribution in [-0.4, -0.2) is 64.8 Å². The van der Waals surface area contributed by atoms with Crippen LogP contribution in [0.25, 0.3) is 5.69 Å². The predicted molar refractivity (Wildman–Crippen MR) is 124 cm³/mol. The molecule has 190 valence electrons. The molecule has 36 heavy (non-hydrogen) atoms. The van der Waals surface area contributed by atoms with Crippen molar-refractivity contribution in [2.24, 2.45) is 0 Å². The van der Waals surface area contributed by atoms with Crippen molar-refractivity contribution in [3.05, 3.63) is 83.7 Å². The second-order valence-corrected chi connectivity index (χ2v) is 9.22. The van der Waals surface area contributed by atoms with Crippen molar-refractivity contribution >= 4 is 6.03 Å². The molecule has 2 aliphatic rings. The molecule has 2 atom stereocenters. The van der Waals surface area contributed by atoms with Gasteiger partial charge in [-0.2, -0.15) is 13.2 Å². The van der Waals surface area contributed by atoms with Crippen LogP contribution in [0.5, 0.6) is 0 Å². The molecule has 0 bridgehead atoms. The van der Waals surface area contributed by atoms with E-state index in [1.165, 1.54) is 24.3 Å². The van der Waals surface area contributed by atoms with Gasteiger partial charge in [-0.15, -0.1) is 0 Å². The van der Waals surface area contributed by atoms with Gasteiger partial charge < -0.3 is 19.1 Å². The van der Waals surface area contributed by atoms with Crippen LogP contribution in [-0.2, 0) is 10.9 Å². The normalized spacial score (nSPS) is 21.0. The van der Waals surface area contributed by atoms with Gasteiger partial charge in [0.15, 0.2) is 0 Å². The first-order valence-electron chi connectivity index (χ1n) is 11.9. The fourth-order valence-corrected chi connectivity index (χ4v) is 4.94. The first-order chi connectivity index (χ1) is 17.3. The summed E-state index contributed by atoms with van der Waals surface area (Å²) >= 11 is 0. The Hall–Kier alpha value is -3.40. The zero-order chi connectivity index (χ0) is 25.3. The van der Waals surface area contributed by atoms with Crippen molar-refractivity contribution in [1.29, 1.82) is 0 Å². The lowest BCUT2D eigenvalue weighted by atomic mass is 9.83. The summed E-state index contributed by atoms with van der Waals surface area (Å²) in [6.07, 6.45) is -0.347. The maximum atomic E-state index is 13.7. The highest BCUT2D eigenvalue weighted by Crippen LogP contribution is 2.37. The predicted octanol–water partition coefficient (Wildman–Crippen LogP) is 5.06. The van der Waals surface area contributed by atoms with Gasteiger partial charge in [0.1, 0.15) is 5.82 Å². The topological polar surface area (TPSA) is 50.6 Å². The number of hydrogen-bond donors (Lipinski definition) is 0. The lowest BCUT2D eigenvalue weighted by Crippen LogP contribution is -2.52. The zero-order valence-corrected chi connectivity index (χ0v) is 19.5. The Kier molecular flexibility index (Phi) is 6.70. The second kappa shape index (κ2) is 9.93. The summed E-state index contributed by atoms with van der Waals surface area (Å²) in [4.78, 5) is 21.4. The quantitative estimate of drug-likeness (QED) is 0.471. The smallest absolute Gasteiger partial charge is 0.378 e. The summed E-state index contributed by atoms with van der Waals surface area (Å²) in [5, 5.41) is 0. The fraction of sp³-hybridized carbons (Fsp3) is 0.385. The number of nitrogens with zero attached hydrogens (tertiary/aromatic N) is 4. The third-order valence-corrected chi connectivity index (χ3v) is 6.84. The Morgan fingerprint density at radius 3 is 2.39 bits per heavy atom. The van der Waals surface area contributed by atoms with Crippen LogP contribution in [0.1, 0.15) is 35.1 Å². The van der Waals surface area contributed by atoms with Gasteiger partial charge >= 0.3 is 12.2 Å². The van der Waals surface area contributed by atoms with E-state index in [0.29, 0.717) is 51.5 Å². The number of benzene rings is 2. The van der Waals surface area contributed by atoms with E-state index >= 15 is 0 Å². The van der Waals surface area contributed by atoms with Crippen LogP contribution in [0.3, 0.4) is 0 Å². The third-order valence-electron chi connectivity index (χ3n) is 6.84. The Morgan fingerprint density at radius 1 is 0.972 bits per heavy atom. The number of alkyl halides is 3. The number of hydrogen-bond acceptors (Lipinski definition) is 3. The number of halogens is 4. The minimum Gasteiger partial charge on any atom is -0.378 e. The average Bonchev–Trinajstić information content (AvgIpc) is 3.39. The van der Waals surface area contributed by atoms with Crippen LogP contribution in [0.4, 0.5) is 22.4 Å². The van der Waals surface area contributed by atoms with Gasteiger partial charge in [0.2, 0.25) is 0 Å². The summed E-state index contributed by atoms with van der Waals surface area (Å²) in [6.45, 7) is 2.79. The number of amides is 2. The average molecular weight is 503 g/mol. The standard InChI is InChI=1S/C26H26F4N4O2/c27-22-2-1-3-23(13-22)34-16-24(31-17-34)20-12-19(18-4-6-21(7-5-18)26(28,29)30)14-33(15-20)25(35)32-8-10-36-11-9-32/h1-7,13,16-17,19-20H,8-12,14-15H2. The molecule has 0 spiro atoms. The highest BCUT2D eigenvalue weighted by atomic mass is 19.4. The van der Waals surface area contributed by atoms with Gasteiger partial charge in [0, 0.05) is 49.9 Å². The van der Waals surface area contributed by atoms with Crippen molar-refractivity contribution in [2.45, 2.75) is 24.4 Å². The van der Waals surface area contributed by atoms with Crippen LogP contribution >= 0.6 is 0 Å². The number of carbonyl (C=O) groups is 1. The van der Waals surface area contributed by atoms with E-state index in [9.17, 15) is 22.4 Å². The van der Waals surface area contributed by atoms with Gasteiger partial charge in [-0.05, 0) is 42.3 Å². The van der Waals surface area contributed by atoms with E-state index in [2.05, 4.69) is 4.98 Å². The summed E-state index contributed by atoms with van der Waals surface area (Å²) < 4.78 is 60.1. The van der Waals surface area contributed by atoms with E-state index in [-0.39, 0.29) is 23.7 Å². The molecule has 6 nitrogen and oxygen atoms in total. The second-order valence-electron chi connectivity index (χ2n) is 9.22. The van der Waals surface area contributed by atoms with Crippen molar-refractivity contribution in [1.82, 2.24) is 19.4 Å². The molecule has 0 N–H and O–H groups in total. The van der Waals surface area contributed by atoms with Gasteiger partial charge in [-0.3, -0.25) is 0 Å². The van der Waals surface area contributed by atoms with Crippen molar-refractivity contribution in [2.75, 3.05) is 39.4 Å². The van der Waals surface area contributed by atoms with Gasteiger partial charge in [-0.25, -0.2) is 14.2 Å². The van der Waals surface area contributed by atoms with Crippen molar-refractivity contribution < 1.29 is 27.1 Å². The van der Waals surface area contributed by atoms with E-state index in [0.717, 1.165) is 23.4 Å². The van der Waals surface area contributed by atoms with Crippen LogP contribution < -0.4 is 0 Å². The largest absolute Gasteiger partial charge is 0.416 e. The van der Waals surface area contributed by atoms with Crippen molar-refractivity contribution in [3.63, 3.8) is 0 Å². The first kappa shape index (κ1) is 24.3. The summed E-state index contributed by atoms with van der Waals surface area (Å²) in [5.41, 5.74) is 1.42. The lowest BCUT2D eigenvalue weighted by Gasteiger charge is -2.40. The summed E-state index contributed by atoms with van der Waals surface area (Å²) in [6, 6.07) is 11.2. The molecule has 0 radical (unpaired) electrons. The number of aromatic nitrogens is 2. The van der Waals surface area contributed by atoms with E-state index < -0.39 is 11.7 Å². The number of urea groups is 1. The Morgan fingerprint density at radius 2 is 1.69 bits per heavy atom. The van der Waals surface area contributed by atoms with E-state index in [1.54, 1.807) is 32.8 Å². The highest BCUT2D eigenvalue weighted by molar-refractivity contribution is 5.75. The van der Waals surface area contributed by atoms with E-state index in [4.69, 9.17) is 4.74 Å². The maximum Gasteiger partial charge on any atom is 0.416 e. The molecule has 1 aromatic heterocycles. The first-order valence-corrected chi connectivity index (χ1v) is 11.9. The monoisotopic (exact) mass is 502 g/mol. The zero-order valence-electron chi connectivity index (χ0n) is 19.5. The number of ether oxygens (including phenoxy) is 1. The molecule has 2 saturated heterocycles. The molecular formula is C26H26F4N4O2. The van der Waals surface area contributed by atoms with Gasteiger partial charge in [-0.1, -0.05) is 18.2 Å². The maximum absolute atomic E-state index is 13.7. The molecule has 2 unspecified atom stereocenters. The van der Waals surface area contributed by atoms with Crippen molar-refractivity contribution in [3.8, 4) is 5.69 Å². The molecule has 0 aliphatic carbocycles. The number of rotatable bonds is 3. The molecular weight excluding hydrogens is 476 g/mol. The minimum atomic E-state index is -4.41. The molecule has 5 rings (SSSR count). The summed E-state index contributed by atoms with van der Waals surface area (Å²) in [7, 11) is 0. The molecule has 10 heteroatoms. The lowest BCUT2D eigenvalue weighted by molar-refractivity contribution is -0.137. The number of carbonyl (C=O) groups excluding carboxylic acids is 1. The Balaban J connectivity index is 1.42. The number of morpholine rings is 1. The third kappa shape index (κ3) is 5.23. The van der Waals surface area contributed by atoms with Crippen LogP contribution in [0, 0.1) is 5.82 Å². The molecule has 2 fully saturated rings. The molecule has 2 amide bonds. The van der Waals surface area contributed by atoms with Gasteiger partial charge in [0.25, 0.3) is 0 Å². The molecule has 3 heterocycles. The Labute approximate surface area is 206 Å². The van der Waals surface area contributed by atoms with E-state index in [1.807, 2.05) is 6.20 Å². The molecule has 2 aromatic carbocycles. The molecule has 3 aromatic rings. The highest BCUT2D eigenvalue weighted by Gasteiger charge is 2.36. The van der Waals surface area contributed by atoms with Gasteiger partial charge in [0.05, 0.1) is 30.8 Å². The molecule has 2 aliphatic heterocycles.